The normalized spacial score (nSPS) is 14.6. The number of carbonyl (C=O) groups is 2. The van der Waals surface area contributed by atoms with Crippen LogP contribution in [0.25, 0.3) is 16.9 Å². The van der Waals surface area contributed by atoms with Gasteiger partial charge in [-0.05, 0) is 42.7 Å². The molecule has 1 saturated heterocycles. The van der Waals surface area contributed by atoms with Gasteiger partial charge in [0.2, 0.25) is 5.91 Å². The number of nitrogens with zero attached hydrogens (tertiary/aromatic N) is 6. The number of likely N-dealkylation sites (tertiary alicyclic amines) is 1. The van der Waals surface area contributed by atoms with Crippen LogP contribution in [0, 0.1) is 0 Å². The molecule has 5 aromatic rings. The minimum absolute atomic E-state index is 0.0141. The molecule has 0 radical (unpaired) electrons. The summed E-state index contributed by atoms with van der Waals surface area (Å²) in [6.07, 6.45) is 5.15. The average Bonchev–Trinajstić information content (AvgIpc) is 3.57. The predicted octanol–water partition coefficient (Wildman–Crippen LogP) is 4.19. The number of halogens is 3. The average molecular weight is 637 g/mol. The molecule has 0 aliphatic carbocycles. The number of aliphatic hydroxyl groups is 1. The lowest BCUT2D eigenvalue weighted by molar-refractivity contribution is -0.136. The molecule has 6 rings (SSSR count). The van der Waals surface area contributed by atoms with E-state index in [0.29, 0.717) is 25.9 Å². The zero-order chi connectivity index (χ0) is 31.7. The van der Waals surface area contributed by atoms with E-state index in [1.54, 1.807) is 17.2 Å². The fraction of sp³-hybridized carbons (Fsp3) is 0.233. The fourth-order valence-corrected chi connectivity index (χ4v) is 5.56. The van der Waals surface area contributed by atoms with E-state index in [2.05, 4.69) is 20.5 Å². The van der Waals surface area contributed by atoms with Crippen molar-refractivity contribution in [3.8, 4) is 17.0 Å². The van der Waals surface area contributed by atoms with Gasteiger partial charge in [-0.2, -0.15) is 13.9 Å². The van der Waals surface area contributed by atoms with Crippen LogP contribution in [0.5, 0.6) is 5.75 Å². The van der Waals surface area contributed by atoms with Crippen LogP contribution in [-0.4, -0.2) is 65.9 Å². The van der Waals surface area contributed by atoms with Crippen LogP contribution in [0.2, 0.25) is 5.02 Å². The second-order valence-corrected chi connectivity index (χ2v) is 10.9. The lowest BCUT2D eigenvalue weighted by atomic mass is 9.84. The van der Waals surface area contributed by atoms with Gasteiger partial charge in [-0.3, -0.25) is 14.3 Å². The smallest absolute Gasteiger partial charge is 0.387 e. The Hall–Kier alpha value is -5.08. The number of hydrogen-bond donors (Lipinski definition) is 3. The maximum absolute atomic E-state index is 13.5. The summed E-state index contributed by atoms with van der Waals surface area (Å²) >= 11 is 6.21. The van der Waals surface area contributed by atoms with E-state index in [9.17, 15) is 23.5 Å². The van der Waals surface area contributed by atoms with E-state index in [0.717, 1.165) is 5.56 Å². The first-order valence-electron chi connectivity index (χ1n) is 13.9. The minimum Gasteiger partial charge on any atom is -0.434 e. The highest BCUT2D eigenvalue weighted by Crippen LogP contribution is 2.38. The molecule has 1 aliphatic heterocycles. The van der Waals surface area contributed by atoms with Crippen molar-refractivity contribution in [1.82, 2.24) is 29.3 Å². The quantitative estimate of drug-likeness (QED) is 0.229. The lowest BCUT2D eigenvalue weighted by Crippen LogP contribution is -2.46. The second kappa shape index (κ2) is 12.1. The van der Waals surface area contributed by atoms with Gasteiger partial charge in [0.25, 0.3) is 5.91 Å². The maximum atomic E-state index is 13.5. The van der Waals surface area contributed by atoms with Crippen molar-refractivity contribution in [2.75, 3.05) is 24.1 Å². The molecular formula is C30H27ClF2N8O4. The molecule has 4 N–H and O–H groups in total. The predicted molar refractivity (Wildman–Crippen MR) is 161 cm³/mol. The molecule has 15 heteroatoms. The molecule has 3 aromatic heterocycles. The summed E-state index contributed by atoms with van der Waals surface area (Å²) in [5.41, 5.74) is 6.10. The largest absolute Gasteiger partial charge is 0.434 e. The first-order chi connectivity index (χ1) is 21.6. The first-order valence-corrected chi connectivity index (χ1v) is 14.3. The number of anilines is 2. The number of aromatic nitrogens is 5. The van der Waals surface area contributed by atoms with Gasteiger partial charge < -0.3 is 25.8 Å². The van der Waals surface area contributed by atoms with Crippen LogP contribution in [0.3, 0.4) is 0 Å². The van der Waals surface area contributed by atoms with Crippen molar-refractivity contribution < 1.29 is 28.2 Å². The molecule has 0 bridgehead atoms. The zero-order valence-corrected chi connectivity index (χ0v) is 24.4. The van der Waals surface area contributed by atoms with Crippen LogP contribution in [0.15, 0.2) is 73.2 Å². The number of amides is 2. The van der Waals surface area contributed by atoms with Crippen LogP contribution in [0.1, 0.15) is 28.8 Å². The third-order valence-corrected chi connectivity index (χ3v) is 7.86. The molecule has 4 heterocycles. The molecule has 0 spiro atoms. The summed E-state index contributed by atoms with van der Waals surface area (Å²) in [5.74, 6) is -1.30. The maximum Gasteiger partial charge on any atom is 0.387 e. The van der Waals surface area contributed by atoms with Crippen LogP contribution in [0.4, 0.5) is 20.3 Å². The molecule has 2 amide bonds. The number of nitrogen functional groups attached to an aromatic ring is 1. The van der Waals surface area contributed by atoms with Crippen molar-refractivity contribution in [2.45, 2.75) is 31.6 Å². The summed E-state index contributed by atoms with van der Waals surface area (Å²) in [4.78, 5) is 32.6. The van der Waals surface area contributed by atoms with Gasteiger partial charge in [-0.15, -0.1) is 5.10 Å². The van der Waals surface area contributed by atoms with E-state index in [1.807, 2.05) is 30.3 Å². The molecule has 12 nitrogen and oxygen atoms in total. The van der Waals surface area contributed by atoms with Gasteiger partial charge in [0, 0.05) is 42.3 Å². The summed E-state index contributed by atoms with van der Waals surface area (Å²) in [6.45, 7) is -2.77. The van der Waals surface area contributed by atoms with Crippen molar-refractivity contribution >= 4 is 40.6 Å². The van der Waals surface area contributed by atoms with Crippen molar-refractivity contribution in [1.29, 1.82) is 0 Å². The molecule has 1 fully saturated rings. The van der Waals surface area contributed by atoms with Gasteiger partial charge in [0.1, 0.15) is 23.6 Å². The van der Waals surface area contributed by atoms with Crippen LogP contribution in [-0.2, 0) is 16.9 Å². The molecule has 0 saturated carbocycles. The SMILES string of the molecule is Nc1nn2cccnc2c1C(=O)Nc1cn(CC(=O)N2CCC(O)(c3ccccc3)CC2)nc1-c1cc(Cl)ccc1OC(F)F. The number of alkyl halides is 2. The van der Waals surface area contributed by atoms with E-state index in [-0.39, 0.29) is 57.2 Å². The Kier molecular flexibility index (Phi) is 8.08. The number of nitrogens with two attached hydrogens (primary N) is 1. The summed E-state index contributed by atoms with van der Waals surface area (Å²) in [5, 5.41) is 22.6. The monoisotopic (exact) mass is 636 g/mol. The number of fused-ring (bicyclic) bond motifs is 1. The van der Waals surface area contributed by atoms with Gasteiger partial charge in [0.15, 0.2) is 11.5 Å². The standard InChI is InChI=1S/C30H27ClF2N8O4/c31-19-7-8-22(45-29(32)33)20(15-19)25-21(36-28(43)24-26(34)38-41-12-4-11-35-27(24)41)16-40(37-25)17-23(42)39-13-9-30(44,10-14-39)18-5-2-1-3-6-18/h1-8,11-12,15-16,29,44H,9-10,13-14,17H2,(H2,34,38)(H,36,43). The summed E-state index contributed by atoms with van der Waals surface area (Å²) < 4.78 is 33.9. The van der Waals surface area contributed by atoms with E-state index < -0.39 is 18.1 Å². The van der Waals surface area contributed by atoms with Gasteiger partial charge >= 0.3 is 6.61 Å². The third kappa shape index (κ3) is 6.14. The van der Waals surface area contributed by atoms with E-state index in [1.165, 1.54) is 39.8 Å². The fourth-order valence-electron chi connectivity index (χ4n) is 5.39. The van der Waals surface area contributed by atoms with E-state index >= 15 is 0 Å². The highest BCUT2D eigenvalue weighted by atomic mass is 35.5. The Morgan fingerprint density at radius 2 is 1.87 bits per heavy atom. The molecule has 0 unspecified atom stereocenters. The molecule has 45 heavy (non-hydrogen) atoms. The lowest BCUT2D eigenvalue weighted by Gasteiger charge is -2.38. The Balaban J connectivity index is 1.29. The second-order valence-electron chi connectivity index (χ2n) is 10.5. The van der Waals surface area contributed by atoms with Gasteiger partial charge in [0.05, 0.1) is 11.3 Å². The molecule has 1 aliphatic rings. The molecular weight excluding hydrogens is 610 g/mol. The Bertz CT molecular complexity index is 1870. The number of nitrogens with one attached hydrogen (secondary N) is 1. The van der Waals surface area contributed by atoms with E-state index in [4.69, 9.17) is 22.1 Å². The van der Waals surface area contributed by atoms with Crippen LogP contribution >= 0.6 is 11.6 Å². The summed E-state index contributed by atoms with van der Waals surface area (Å²) in [7, 11) is 0. The van der Waals surface area contributed by atoms with Gasteiger partial charge in [-0.25, -0.2) is 9.50 Å². The number of carbonyl (C=O) groups excluding carboxylic acids is 2. The van der Waals surface area contributed by atoms with Crippen molar-refractivity contribution in [3.63, 3.8) is 0 Å². The molecule has 0 atom stereocenters. The number of rotatable bonds is 8. The molecule has 2 aromatic carbocycles. The van der Waals surface area contributed by atoms with Crippen molar-refractivity contribution in [3.05, 3.63) is 89.3 Å². The topological polar surface area (TPSA) is 153 Å². The number of ether oxygens (including phenoxy) is 1. The third-order valence-electron chi connectivity index (χ3n) is 7.62. The minimum atomic E-state index is -3.15. The molecule has 232 valence electrons. The number of hydrogen-bond acceptors (Lipinski definition) is 8. The Labute approximate surface area is 260 Å². The van der Waals surface area contributed by atoms with Gasteiger partial charge in [-0.1, -0.05) is 41.9 Å². The number of benzene rings is 2. The van der Waals surface area contributed by atoms with Crippen LogP contribution < -0.4 is 15.8 Å². The Morgan fingerprint density at radius 1 is 1.11 bits per heavy atom. The van der Waals surface area contributed by atoms with Crippen molar-refractivity contribution in [2.24, 2.45) is 0 Å². The zero-order valence-electron chi connectivity index (χ0n) is 23.6. The highest BCUT2D eigenvalue weighted by Gasteiger charge is 2.35. The highest BCUT2D eigenvalue weighted by molar-refractivity contribution is 6.31. The Morgan fingerprint density at radius 3 is 2.60 bits per heavy atom. The first kappa shape index (κ1) is 30.0. The summed E-state index contributed by atoms with van der Waals surface area (Å²) in [6, 6.07) is 14.9. The number of piperidine rings is 1.